The Morgan fingerprint density at radius 2 is 2.08 bits per heavy atom. The first-order valence-electron chi connectivity index (χ1n) is 7.76. The van der Waals surface area contributed by atoms with Gasteiger partial charge in [0.15, 0.2) is 5.13 Å². The Morgan fingerprint density at radius 3 is 2.69 bits per heavy atom. The highest BCUT2D eigenvalue weighted by atomic mass is 35.5. The zero-order valence-electron chi connectivity index (χ0n) is 14.8. The molecule has 0 bridgehead atoms. The summed E-state index contributed by atoms with van der Waals surface area (Å²) >= 11 is 3.00. The molecule has 0 aliphatic carbocycles. The molecule has 26 heavy (non-hydrogen) atoms. The van der Waals surface area contributed by atoms with Crippen LogP contribution >= 0.6 is 35.1 Å². The van der Waals surface area contributed by atoms with Crippen molar-refractivity contribution in [3.05, 3.63) is 21.9 Å². The number of carbonyl (C=O) groups excluding carboxylic acids is 2. The number of thiazole rings is 1. The zero-order valence-corrected chi connectivity index (χ0v) is 17.3. The lowest BCUT2D eigenvalue weighted by Crippen LogP contribution is -2.28. The van der Waals surface area contributed by atoms with Crippen molar-refractivity contribution in [1.29, 1.82) is 0 Å². The van der Waals surface area contributed by atoms with Crippen LogP contribution in [0.15, 0.2) is 12.1 Å². The van der Waals surface area contributed by atoms with Gasteiger partial charge in [-0.3, -0.25) is 9.59 Å². The Balaban J connectivity index is 0.00000338. The lowest BCUT2D eigenvalue weighted by Gasteiger charge is -2.11. The molecule has 0 aliphatic rings. The largest absolute Gasteiger partial charge is 0.380 e. The van der Waals surface area contributed by atoms with E-state index in [-0.39, 0.29) is 36.7 Å². The summed E-state index contributed by atoms with van der Waals surface area (Å²) in [5.74, 6) is -0.230. The van der Waals surface area contributed by atoms with Gasteiger partial charge >= 0.3 is 0 Å². The molecule has 2 amide bonds. The highest BCUT2D eigenvalue weighted by molar-refractivity contribution is 7.18. The lowest BCUT2D eigenvalue weighted by molar-refractivity contribution is -0.119. The van der Waals surface area contributed by atoms with Gasteiger partial charge in [-0.2, -0.15) is 0 Å². The SMILES string of the molecule is COC(CN)CC(=O)Nc1nc(-c2ccc(CNC(C)=O)s2)c(C)s1.Cl. The van der Waals surface area contributed by atoms with Gasteiger partial charge in [0.05, 0.1) is 29.6 Å². The van der Waals surface area contributed by atoms with Crippen LogP contribution in [0.5, 0.6) is 0 Å². The molecule has 0 saturated carbocycles. The van der Waals surface area contributed by atoms with Gasteiger partial charge in [0, 0.05) is 30.3 Å². The number of rotatable bonds is 8. The molecule has 2 aromatic rings. The predicted octanol–water partition coefficient (Wildman–Crippen LogP) is 2.54. The summed E-state index contributed by atoms with van der Waals surface area (Å²) in [4.78, 5) is 30.6. The van der Waals surface area contributed by atoms with Crippen molar-refractivity contribution in [1.82, 2.24) is 10.3 Å². The molecule has 1 atom stereocenters. The van der Waals surface area contributed by atoms with E-state index in [9.17, 15) is 9.59 Å². The van der Waals surface area contributed by atoms with Crippen LogP contribution in [0.2, 0.25) is 0 Å². The Morgan fingerprint density at radius 1 is 1.35 bits per heavy atom. The molecule has 0 aliphatic heterocycles. The van der Waals surface area contributed by atoms with Gasteiger partial charge in [-0.05, 0) is 19.1 Å². The smallest absolute Gasteiger partial charge is 0.228 e. The zero-order chi connectivity index (χ0) is 18.4. The summed E-state index contributed by atoms with van der Waals surface area (Å²) < 4.78 is 5.12. The third-order valence-corrected chi connectivity index (χ3v) is 5.44. The third-order valence-electron chi connectivity index (χ3n) is 3.46. The van der Waals surface area contributed by atoms with Gasteiger partial charge in [0.2, 0.25) is 11.8 Å². The summed E-state index contributed by atoms with van der Waals surface area (Å²) in [5.41, 5.74) is 6.38. The van der Waals surface area contributed by atoms with Gasteiger partial charge in [0.1, 0.15) is 0 Å². The molecule has 0 spiro atoms. The molecule has 0 saturated heterocycles. The van der Waals surface area contributed by atoms with Crippen LogP contribution in [-0.4, -0.2) is 36.6 Å². The van der Waals surface area contributed by atoms with Crippen LogP contribution in [0.3, 0.4) is 0 Å². The fourth-order valence-corrected chi connectivity index (χ4v) is 4.03. The van der Waals surface area contributed by atoms with Crippen molar-refractivity contribution in [2.45, 2.75) is 32.9 Å². The predicted molar refractivity (Wildman–Crippen MR) is 108 cm³/mol. The highest BCUT2D eigenvalue weighted by Crippen LogP contribution is 2.34. The van der Waals surface area contributed by atoms with E-state index in [1.165, 1.54) is 25.4 Å². The summed E-state index contributed by atoms with van der Waals surface area (Å²) in [7, 11) is 1.53. The summed E-state index contributed by atoms with van der Waals surface area (Å²) in [5, 5.41) is 6.13. The third kappa shape index (κ3) is 6.33. The second-order valence-corrected chi connectivity index (χ2v) is 7.82. The van der Waals surface area contributed by atoms with Crippen LogP contribution in [0.1, 0.15) is 23.1 Å². The van der Waals surface area contributed by atoms with Crippen LogP contribution in [0.25, 0.3) is 10.6 Å². The number of hydrogen-bond acceptors (Lipinski definition) is 7. The van der Waals surface area contributed by atoms with E-state index in [0.29, 0.717) is 18.2 Å². The summed E-state index contributed by atoms with van der Waals surface area (Å²) in [6.07, 6.45) is -0.102. The minimum absolute atomic E-state index is 0. The van der Waals surface area contributed by atoms with E-state index >= 15 is 0 Å². The maximum absolute atomic E-state index is 12.0. The second-order valence-electron chi connectivity index (χ2n) is 5.45. The number of aromatic nitrogens is 1. The van der Waals surface area contributed by atoms with Gasteiger partial charge in [-0.25, -0.2) is 4.98 Å². The minimum atomic E-state index is -0.297. The number of methoxy groups -OCH3 is 1. The molecule has 10 heteroatoms. The average Bonchev–Trinajstić information content (AvgIpc) is 3.17. The number of nitrogens with one attached hydrogen (secondary N) is 2. The first kappa shape index (κ1) is 22.5. The second kappa shape index (κ2) is 10.6. The van der Waals surface area contributed by atoms with E-state index < -0.39 is 0 Å². The van der Waals surface area contributed by atoms with Crippen LogP contribution in [0.4, 0.5) is 5.13 Å². The van der Waals surface area contributed by atoms with Gasteiger partial charge in [-0.1, -0.05) is 0 Å². The maximum Gasteiger partial charge on any atom is 0.228 e. The molecular formula is C16H23ClN4O3S2. The first-order chi connectivity index (χ1) is 11.9. The monoisotopic (exact) mass is 418 g/mol. The van der Waals surface area contributed by atoms with Crippen molar-refractivity contribution in [3.8, 4) is 10.6 Å². The van der Waals surface area contributed by atoms with Crippen LogP contribution in [-0.2, 0) is 20.9 Å². The normalized spacial score (nSPS) is 11.5. The maximum atomic E-state index is 12.0. The van der Waals surface area contributed by atoms with E-state index in [2.05, 4.69) is 15.6 Å². The van der Waals surface area contributed by atoms with Crippen molar-refractivity contribution < 1.29 is 14.3 Å². The fraction of sp³-hybridized carbons (Fsp3) is 0.438. The minimum Gasteiger partial charge on any atom is -0.380 e. The Kier molecular flexibility index (Phi) is 9.17. The highest BCUT2D eigenvalue weighted by Gasteiger charge is 2.16. The van der Waals surface area contributed by atoms with Crippen molar-refractivity contribution >= 4 is 52.0 Å². The van der Waals surface area contributed by atoms with E-state index in [1.807, 2.05) is 19.1 Å². The van der Waals surface area contributed by atoms with Crippen LogP contribution in [0, 0.1) is 6.92 Å². The molecular weight excluding hydrogens is 396 g/mol. The number of nitrogens with zero attached hydrogens (tertiary/aromatic N) is 1. The number of hydrogen-bond donors (Lipinski definition) is 3. The number of amides is 2. The quantitative estimate of drug-likeness (QED) is 0.610. The number of anilines is 1. The van der Waals surface area contributed by atoms with Crippen molar-refractivity contribution in [2.75, 3.05) is 19.0 Å². The van der Waals surface area contributed by atoms with E-state index in [0.717, 1.165) is 20.3 Å². The molecule has 4 N–H and O–H groups in total. The number of aryl methyl sites for hydroxylation is 1. The summed E-state index contributed by atoms with van der Waals surface area (Å²) in [6.45, 7) is 4.25. The van der Waals surface area contributed by atoms with E-state index in [4.69, 9.17) is 10.5 Å². The molecule has 0 aromatic carbocycles. The molecule has 0 fully saturated rings. The lowest BCUT2D eigenvalue weighted by atomic mass is 10.2. The van der Waals surface area contributed by atoms with Gasteiger partial charge in [0.25, 0.3) is 0 Å². The van der Waals surface area contributed by atoms with E-state index in [1.54, 1.807) is 11.3 Å². The summed E-state index contributed by atoms with van der Waals surface area (Å²) in [6, 6.07) is 3.95. The number of nitrogens with two attached hydrogens (primary N) is 1. The molecule has 2 aromatic heterocycles. The number of halogens is 1. The molecule has 7 nitrogen and oxygen atoms in total. The molecule has 1 unspecified atom stereocenters. The standard InChI is InChI=1S/C16H22N4O3S2.ClH/c1-9-15(13-5-4-12(25-13)8-18-10(2)21)20-16(24-9)19-14(22)6-11(7-17)23-3;/h4-5,11H,6-8,17H2,1-3H3,(H,18,21)(H,19,20,22);1H. The molecule has 0 radical (unpaired) electrons. The Bertz CT molecular complexity index is 744. The van der Waals surface area contributed by atoms with Crippen molar-refractivity contribution in [2.24, 2.45) is 5.73 Å². The molecule has 2 heterocycles. The fourth-order valence-electron chi connectivity index (χ4n) is 2.13. The molecule has 2 rings (SSSR count). The number of carbonyl (C=O) groups is 2. The topological polar surface area (TPSA) is 106 Å². The van der Waals surface area contributed by atoms with Crippen LogP contribution < -0.4 is 16.4 Å². The Hall–Kier alpha value is -1.52. The number of ether oxygens (including phenoxy) is 1. The van der Waals surface area contributed by atoms with Gasteiger partial charge in [-0.15, -0.1) is 35.1 Å². The number of thiophene rings is 1. The van der Waals surface area contributed by atoms with Gasteiger partial charge < -0.3 is 21.1 Å². The average molecular weight is 419 g/mol. The first-order valence-corrected chi connectivity index (χ1v) is 9.39. The molecule has 144 valence electrons. The Labute approximate surface area is 166 Å². The van der Waals surface area contributed by atoms with Crippen molar-refractivity contribution in [3.63, 3.8) is 0 Å².